The Morgan fingerprint density at radius 3 is 1.42 bits per heavy atom. The molecule has 164 valence electrons. The highest BCUT2D eigenvalue weighted by Gasteiger charge is 2.42. The Morgan fingerprint density at radius 1 is 0.581 bits per heavy atom. The molecule has 1 nitrogen and oxygen atoms in total. The van der Waals surface area contributed by atoms with E-state index in [1.54, 1.807) is 0 Å². The molecule has 0 aliphatic rings. The summed E-state index contributed by atoms with van der Waals surface area (Å²) in [5.74, 6) is 0.425. The number of rotatable bonds is 13. The van der Waals surface area contributed by atoms with Crippen LogP contribution < -0.4 is 0 Å². The number of aliphatic hydroxyl groups is 1. The zero-order valence-electron chi connectivity index (χ0n) is 19.0. The van der Waals surface area contributed by atoms with Crippen molar-refractivity contribution in [3.8, 4) is 0 Å². The second-order valence-electron chi connectivity index (χ2n) is 8.67. The Morgan fingerprint density at radius 2 is 1.00 bits per heavy atom. The van der Waals surface area contributed by atoms with E-state index in [2.05, 4.69) is 97.9 Å². The lowest BCUT2D eigenvalue weighted by atomic mass is 9.59. The fourth-order valence-corrected chi connectivity index (χ4v) is 5.22. The number of aliphatic hydroxyl groups excluding tert-OH is 1. The average Bonchev–Trinajstić information content (AvgIpc) is 2.84. The number of hydrogen-bond donors (Lipinski definition) is 1. The molecule has 0 saturated heterocycles. The standard InChI is InChI=1S/C30H38O/c1-2-3-4-5-9-17-29(24-16-25-31)30(26-18-10-6-11-19-26,27-20-12-7-13-21-27)28-22-14-8-15-23-28/h6-8,10-15,18-23,29,31H,2-5,9,16-17,24-25H2,1H3. The third-order valence-corrected chi connectivity index (χ3v) is 6.67. The molecule has 0 fully saturated rings. The van der Waals surface area contributed by atoms with Crippen LogP contribution in [0.1, 0.15) is 75.0 Å². The molecule has 0 bridgehead atoms. The zero-order valence-corrected chi connectivity index (χ0v) is 19.0. The molecular formula is C30H38O. The lowest BCUT2D eigenvalue weighted by molar-refractivity contribution is 0.243. The van der Waals surface area contributed by atoms with Gasteiger partial charge < -0.3 is 5.11 Å². The quantitative estimate of drug-likeness (QED) is 0.224. The van der Waals surface area contributed by atoms with Crippen LogP contribution in [0.25, 0.3) is 0 Å². The maximum absolute atomic E-state index is 9.73. The van der Waals surface area contributed by atoms with Crippen LogP contribution in [0.3, 0.4) is 0 Å². The molecule has 0 spiro atoms. The first kappa shape index (κ1) is 23.3. The molecule has 31 heavy (non-hydrogen) atoms. The van der Waals surface area contributed by atoms with E-state index in [1.165, 1.54) is 55.2 Å². The summed E-state index contributed by atoms with van der Waals surface area (Å²) in [6, 6.07) is 33.1. The monoisotopic (exact) mass is 414 g/mol. The fraction of sp³-hybridized carbons (Fsp3) is 0.400. The van der Waals surface area contributed by atoms with E-state index < -0.39 is 0 Å². The fourth-order valence-electron chi connectivity index (χ4n) is 5.22. The third-order valence-electron chi connectivity index (χ3n) is 6.67. The summed E-state index contributed by atoms with van der Waals surface area (Å²) in [6.07, 6.45) is 9.47. The Labute approximate surface area is 189 Å². The largest absolute Gasteiger partial charge is 0.396 e. The highest BCUT2D eigenvalue weighted by molar-refractivity contribution is 5.51. The minimum atomic E-state index is -0.219. The van der Waals surface area contributed by atoms with Crippen molar-refractivity contribution in [2.75, 3.05) is 6.61 Å². The molecule has 1 unspecified atom stereocenters. The Bertz CT molecular complexity index is 745. The van der Waals surface area contributed by atoms with Gasteiger partial charge in [0.2, 0.25) is 0 Å². The van der Waals surface area contributed by atoms with Crippen molar-refractivity contribution in [1.82, 2.24) is 0 Å². The lowest BCUT2D eigenvalue weighted by Crippen LogP contribution is -2.38. The first-order valence-electron chi connectivity index (χ1n) is 12.1. The predicted octanol–water partition coefficient (Wildman–Crippen LogP) is 7.77. The first-order valence-corrected chi connectivity index (χ1v) is 12.1. The summed E-state index contributed by atoms with van der Waals surface area (Å²) < 4.78 is 0. The van der Waals surface area contributed by atoms with Crippen molar-refractivity contribution < 1.29 is 5.11 Å². The van der Waals surface area contributed by atoms with Gasteiger partial charge in [0.1, 0.15) is 0 Å². The minimum absolute atomic E-state index is 0.219. The van der Waals surface area contributed by atoms with Crippen molar-refractivity contribution in [1.29, 1.82) is 0 Å². The number of benzene rings is 3. The molecular weight excluding hydrogens is 376 g/mol. The van der Waals surface area contributed by atoms with Crippen LogP contribution in [-0.2, 0) is 5.41 Å². The van der Waals surface area contributed by atoms with Crippen LogP contribution in [-0.4, -0.2) is 11.7 Å². The van der Waals surface area contributed by atoms with Gasteiger partial charge in [-0.25, -0.2) is 0 Å². The van der Waals surface area contributed by atoms with Gasteiger partial charge in [0, 0.05) is 12.0 Å². The van der Waals surface area contributed by atoms with E-state index in [1.807, 2.05) is 0 Å². The lowest BCUT2D eigenvalue weighted by Gasteiger charge is -2.43. The molecule has 0 aliphatic heterocycles. The van der Waals surface area contributed by atoms with Crippen LogP contribution >= 0.6 is 0 Å². The molecule has 1 heteroatoms. The highest BCUT2D eigenvalue weighted by Crippen LogP contribution is 2.48. The zero-order chi connectivity index (χ0) is 21.8. The minimum Gasteiger partial charge on any atom is -0.396 e. The topological polar surface area (TPSA) is 20.2 Å². The van der Waals surface area contributed by atoms with Gasteiger partial charge >= 0.3 is 0 Å². The van der Waals surface area contributed by atoms with Crippen molar-refractivity contribution in [2.45, 2.75) is 63.7 Å². The van der Waals surface area contributed by atoms with Crippen LogP contribution in [0, 0.1) is 5.92 Å². The molecule has 0 aromatic heterocycles. The van der Waals surface area contributed by atoms with Crippen LogP contribution in [0.4, 0.5) is 0 Å². The van der Waals surface area contributed by atoms with Gasteiger partial charge in [-0.05, 0) is 41.9 Å². The van der Waals surface area contributed by atoms with Gasteiger partial charge in [-0.1, -0.05) is 130 Å². The van der Waals surface area contributed by atoms with E-state index in [-0.39, 0.29) is 12.0 Å². The Hall–Kier alpha value is -2.38. The highest BCUT2D eigenvalue weighted by atomic mass is 16.2. The molecule has 3 aromatic carbocycles. The second kappa shape index (κ2) is 12.5. The molecule has 3 aromatic rings. The summed E-state index contributed by atoms with van der Waals surface area (Å²) in [7, 11) is 0. The first-order chi connectivity index (χ1) is 15.3. The van der Waals surface area contributed by atoms with Crippen LogP contribution in [0.2, 0.25) is 0 Å². The van der Waals surface area contributed by atoms with Gasteiger partial charge in [-0.15, -0.1) is 0 Å². The average molecular weight is 415 g/mol. The third kappa shape index (κ3) is 5.66. The van der Waals surface area contributed by atoms with Crippen LogP contribution in [0.5, 0.6) is 0 Å². The van der Waals surface area contributed by atoms with Gasteiger partial charge in [0.25, 0.3) is 0 Å². The van der Waals surface area contributed by atoms with Crippen molar-refractivity contribution >= 4 is 0 Å². The summed E-state index contributed by atoms with van der Waals surface area (Å²) >= 11 is 0. The summed E-state index contributed by atoms with van der Waals surface area (Å²) in [4.78, 5) is 0. The van der Waals surface area contributed by atoms with Crippen molar-refractivity contribution in [3.63, 3.8) is 0 Å². The molecule has 3 rings (SSSR count). The van der Waals surface area contributed by atoms with Gasteiger partial charge in [0.05, 0.1) is 0 Å². The maximum atomic E-state index is 9.73. The van der Waals surface area contributed by atoms with Gasteiger partial charge in [-0.3, -0.25) is 0 Å². The Kier molecular flexibility index (Phi) is 9.37. The smallest absolute Gasteiger partial charge is 0.0479 e. The molecule has 0 heterocycles. The van der Waals surface area contributed by atoms with Crippen molar-refractivity contribution in [2.24, 2.45) is 5.92 Å². The van der Waals surface area contributed by atoms with E-state index in [0.29, 0.717) is 5.92 Å². The van der Waals surface area contributed by atoms with Crippen LogP contribution in [0.15, 0.2) is 91.0 Å². The molecule has 1 atom stereocenters. The molecule has 1 N–H and O–H groups in total. The summed E-state index contributed by atoms with van der Waals surface area (Å²) in [5, 5.41) is 9.73. The van der Waals surface area contributed by atoms with Gasteiger partial charge in [0.15, 0.2) is 0 Å². The van der Waals surface area contributed by atoms with E-state index >= 15 is 0 Å². The molecule has 0 amide bonds. The SMILES string of the molecule is CCCCCCCC(CCCO)C(c1ccccc1)(c1ccccc1)c1ccccc1. The van der Waals surface area contributed by atoms with E-state index in [9.17, 15) is 5.11 Å². The second-order valence-corrected chi connectivity index (χ2v) is 8.67. The van der Waals surface area contributed by atoms with Gasteiger partial charge in [-0.2, -0.15) is 0 Å². The Balaban J connectivity index is 2.13. The molecule has 0 radical (unpaired) electrons. The molecule has 0 saturated carbocycles. The summed E-state index contributed by atoms with van der Waals surface area (Å²) in [6.45, 7) is 2.52. The number of unbranched alkanes of at least 4 members (excludes halogenated alkanes) is 4. The van der Waals surface area contributed by atoms with Crippen molar-refractivity contribution in [3.05, 3.63) is 108 Å². The van der Waals surface area contributed by atoms with E-state index in [0.717, 1.165) is 12.8 Å². The summed E-state index contributed by atoms with van der Waals surface area (Å²) in [5.41, 5.74) is 3.83. The van der Waals surface area contributed by atoms with E-state index in [4.69, 9.17) is 0 Å². The molecule has 0 aliphatic carbocycles. The number of hydrogen-bond acceptors (Lipinski definition) is 1. The predicted molar refractivity (Wildman–Crippen MR) is 132 cm³/mol. The normalized spacial score (nSPS) is 12.6. The maximum Gasteiger partial charge on any atom is 0.0479 e.